The smallest absolute Gasteiger partial charge is 0.224 e. The highest BCUT2D eigenvalue weighted by Crippen LogP contribution is 2.24. The molecule has 2 aromatic carbocycles. The first-order chi connectivity index (χ1) is 14.1. The van der Waals surface area contributed by atoms with E-state index in [4.69, 9.17) is 9.47 Å². The molecule has 29 heavy (non-hydrogen) atoms. The first kappa shape index (κ1) is 20.9. The highest BCUT2D eigenvalue weighted by Gasteiger charge is 2.17. The highest BCUT2D eigenvalue weighted by atomic mass is 19.1. The van der Waals surface area contributed by atoms with Crippen molar-refractivity contribution < 1.29 is 18.7 Å². The van der Waals surface area contributed by atoms with Crippen LogP contribution < -0.4 is 19.7 Å². The van der Waals surface area contributed by atoms with Crippen molar-refractivity contribution in [2.45, 2.75) is 6.42 Å². The average Bonchev–Trinajstić information content (AvgIpc) is 2.75. The minimum Gasteiger partial charge on any atom is -0.497 e. The lowest BCUT2D eigenvalue weighted by molar-refractivity contribution is -0.120. The van der Waals surface area contributed by atoms with Crippen LogP contribution in [0.4, 0.5) is 10.1 Å². The first-order valence-electron chi connectivity index (χ1n) is 9.79. The second kappa shape index (κ2) is 10.1. The molecule has 0 aliphatic carbocycles. The van der Waals surface area contributed by atoms with E-state index in [-0.39, 0.29) is 18.1 Å². The van der Waals surface area contributed by atoms with Crippen molar-refractivity contribution in [2.75, 3.05) is 58.4 Å². The van der Waals surface area contributed by atoms with Crippen LogP contribution in [-0.4, -0.2) is 64.3 Å². The Morgan fingerprint density at radius 3 is 2.41 bits per heavy atom. The summed E-state index contributed by atoms with van der Waals surface area (Å²) in [4.78, 5) is 16.9. The molecule has 0 saturated carbocycles. The molecule has 6 nitrogen and oxygen atoms in total. The van der Waals surface area contributed by atoms with E-state index in [0.29, 0.717) is 18.0 Å². The Morgan fingerprint density at radius 2 is 1.76 bits per heavy atom. The van der Waals surface area contributed by atoms with Gasteiger partial charge in [-0.2, -0.15) is 0 Å². The van der Waals surface area contributed by atoms with Gasteiger partial charge in [-0.15, -0.1) is 0 Å². The number of rotatable bonds is 8. The van der Waals surface area contributed by atoms with Crippen molar-refractivity contribution in [3.63, 3.8) is 0 Å². The van der Waals surface area contributed by atoms with Crippen molar-refractivity contribution in [1.82, 2.24) is 10.2 Å². The predicted molar refractivity (Wildman–Crippen MR) is 111 cm³/mol. The van der Waals surface area contributed by atoms with Gasteiger partial charge in [-0.3, -0.25) is 9.69 Å². The molecule has 1 aliphatic rings. The van der Waals surface area contributed by atoms with Gasteiger partial charge in [0.1, 0.15) is 17.3 Å². The standard InChI is InChI=1S/C22H28FN3O3/c1-28-20-7-8-21(29-2)17(15-20)16-22(27)24-9-10-25-11-13-26(14-12-25)19-5-3-18(23)4-6-19/h3-8,15H,9-14,16H2,1-2H3,(H,24,27). The molecule has 0 bridgehead atoms. The number of carbonyl (C=O) groups excluding carboxylic acids is 1. The van der Waals surface area contributed by atoms with E-state index in [9.17, 15) is 9.18 Å². The third-order valence-electron chi connectivity index (χ3n) is 5.15. The zero-order chi connectivity index (χ0) is 20.6. The molecule has 0 radical (unpaired) electrons. The van der Waals surface area contributed by atoms with Crippen molar-refractivity contribution in [3.8, 4) is 11.5 Å². The maximum atomic E-state index is 13.1. The molecule has 1 amide bonds. The highest BCUT2D eigenvalue weighted by molar-refractivity contribution is 5.79. The number of nitrogens with zero attached hydrogens (tertiary/aromatic N) is 2. The summed E-state index contributed by atoms with van der Waals surface area (Å²) < 4.78 is 23.6. The maximum absolute atomic E-state index is 13.1. The number of benzene rings is 2. The summed E-state index contributed by atoms with van der Waals surface area (Å²) in [7, 11) is 3.19. The Bertz CT molecular complexity index is 805. The lowest BCUT2D eigenvalue weighted by atomic mass is 10.1. The number of piperazine rings is 1. The van der Waals surface area contributed by atoms with Crippen LogP contribution in [0.5, 0.6) is 11.5 Å². The number of amides is 1. The molecular formula is C22H28FN3O3. The fourth-order valence-corrected chi connectivity index (χ4v) is 3.49. The van der Waals surface area contributed by atoms with Gasteiger partial charge >= 0.3 is 0 Å². The summed E-state index contributed by atoms with van der Waals surface area (Å²) in [6, 6.07) is 12.1. The molecule has 0 unspecified atom stereocenters. The van der Waals surface area contributed by atoms with Gasteiger partial charge in [0.25, 0.3) is 0 Å². The van der Waals surface area contributed by atoms with Gasteiger partial charge in [-0.1, -0.05) is 0 Å². The van der Waals surface area contributed by atoms with Crippen molar-refractivity contribution in [3.05, 3.63) is 53.8 Å². The SMILES string of the molecule is COc1ccc(OC)c(CC(=O)NCCN2CCN(c3ccc(F)cc3)CC2)c1. The second-order valence-electron chi connectivity index (χ2n) is 7.01. The van der Waals surface area contributed by atoms with Gasteiger partial charge in [0.05, 0.1) is 20.6 Å². The number of halogens is 1. The van der Waals surface area contributed by atoms with Crippen LogP contribution in [0.15, 0.2) is 42.5 Å². The number of ether oxygens (including phenoxy) is 2. The number of hydrogen-bond donors (Lipinski definition) is 1. The minimum atomic E-state index is -0.213. The van der Waals surface area contributed by atoms with Gasteiger partial charge in [-0.25, -0.2) is 4.39 Å². The molecule has 0 atom stereocenters. The summed E-state index contributed by atoms with van der Waals surface area (Å²) >= 11 is 0. The predicted octanol–water partition coefficient (Wildman–Crippen LogP) is 2.32. The Morgan fingerprint density at radius 1 is 1.03 bits per heavy atom. The molecule has 156 valence electrons. The molecule has 1 saturated heterocycles. The summed E-state index contributed by atoms with van der Waals surface area (Å²) in [5, 5.41) is 2.98. The summed E-state index contributed by atoms with van der Waals surface area (Å²) in [6.07, 6.45) is 0.249. The fraction of sp³-hybridized carbons (Fsp3) is 0.409. The quantitative estimate of drug-likeness (QED) is 0.736. The number of anilines is 1. The van der Waals surface area contributed by atoms with E-state index in [1.54, 1.807) is 14.2 Å². The monoisotopic (exact) mass is 401 g/mol. The number of nitrogens with one attached hydrogen (secondary N) is 1. The van der Waals surface area contributed by atoms with Crippen LogP contribution in [0, 0.1) is 5.82 Å². The van der Waals surface area contributed by atoms with Crippen LogP contribution in [0.25, 0.3) is 0 Å². The zero-order valence-electron chi connectivity index (χ0n) is 17.0. The Labute approximate surface area is 171 Å². The molecule has 1 fully saturated rings. The van der Waals surface area contributed by atoms with Gasteiger partial charge < -0.3 is 19.7 Å². The van der Waals surface area contributed by atoms with Crippen LogP contribution in [0.1, 0.15) is 5.56 Å². The summed E-state index contributed by atoms with van der Waals surface area (Å²) in [5.74, 6) is 1.13. The fourth-order valence-electron chi connectivity index (χ4n) is 3.49. The Kier molecular flexibility index (Phi) is 7.30. The molecule has 1 heterocycles. The number of carbonyl (C=O) groups is 1. The van der Waals surface area contributed by atoms with Gasteiger partial charge in [0, 0.05) is 50.5 Å². The van der Waals surface area contributed by atoms with Crippen LogP contribution in [0.3, 0.4) is 0 Å². The zero-order valence-corrected chi connectivity index (χ0v) is 17.0. The number of methoxy groups -OCH3 is 2. The normalized spacial score (nSPS) is 14.5. The molecule has 3 rings (SSSR count). The van der Waals surface area contributed by atoms with E-state index >= 15 is 0 Å². The molecular weight excluding hydrogens is 373 g/mol. The maximum Gasteiger partial charge on any atom is 0.224 e. The van der Waals surface area contributed by atoms with E-state index < -0.39 is 0 Å². The molecule has 0 aromatic heterocycles. The Hall–Kier alpha value is -2.80. The average molecular weight is 401 g/mol. The van der Waals surface area contributed by atoms with Crippen LogP contribution in [0.2, 0.25) is 0 Å². The van der Waals surface area contributed by atoms with Crippen LogP contribution in [-0.2, 0) is 11.2 Å². The van der Waals surface area contributed by atoms with Gasteiger partial charge in [0.2, 0.25) is 5.91 Å². The topological polar surface area (TPSA) is 54.0 Å². The third-order valence-corrected chi connectivity index (χ3v) is 5.15. The third kappa shape index (κ3) is 5.84. The minimum absolute atomic E-state index is 0.0403. The van der Waals surface area contributed by atoms with Gasteiger partial charge in [0.15, 0.2) is 0 Å². The lowest BCUT2D eigenvalue weighted by Crippen LogP contribution is -2.48. The molecule has 7 heteroatoms. The summed E-state index contributed by atoms with van der Waals surface area (Å²) in [5.41, 5.74) is 1.85. The molecule has 1 N–H and O–H groups in total. The lowest BCUT2D eigenvalue weighted by Gasteiger charge is -2.36. The van der Waals surface area contributed by atoms with Crippen molar-refractivity contribution in [1.29, 1.82) is 0 Å². The molecule has 0 spiro atoms. The van der Waals surface area contributed by atoms with Crippen molar-refractivity contribution >= 4 is 11.6 Å². The largest absolute Gasteiger partial charge is 0.497 e. The van der Waals surface area contributed by atoms with E-state index in [2.05, 4.69) is 15.1 Å². The van der Waals surface area contributed by atoms with E-state index in [0.717, 1.165) is 44.0 Å². The second-order valence-corrected chi connectivity index (χ2v) is 7.01. The number of hydrogen-bond acceptors (Lipinski definition) is 5. The van der Waals surface area contributed by atoms with E-state index in [1.807, 2.05) is 30.3 Å². The van der Waals surface area contributed by atoms with Crippen molar-refractivity contribution in [2.24, 2.45) is 0 Å². The summed E-state index contributed by atoms with van der Waals surface area (Å²) in [6.45, 7) is 5.01. The molecule has 2 aromatic rings. The Balaban J connectivity index is 1.40. The van der Waals surface area contributed by atoms with Crippen LogP contribution >= 0.6 is 0 Å². The van der Waals surface area contributed by atoms with E-state index in [1.165, 1.54) is 12.1 Å². The first-order valence-corrected chi connectivity index (χ1v) is 9.79. The molecule has 1 aliphatic heterocycles. The van der Waals surface area contributed by atoms with Gasteiger partial charge in [-0.05, 0) is 42.5 Å².